The SMILES string of the molecule is CNC(Cc1cc(C)ccc1C)c1cccc(Cl)c1F. The van der Waals surface area contributed by atoms with E-state index in [0.717, 1.165) is 6.42 Å². The number of likely N-dealkylation sites (N-methyl/N-ethyl adjacent to an activating group) is 1. The lowest BCUT2D eigenvalue weighted by Crippen LogP contribution is -2.20. The quantitative estimate of drug-likeness (QED) is 0.868. The van der Waals surface area contributed by atoms with Gasteiger partial charge in [0.1, 0.15) is 5.82 Å². The first kappa shape index (κ1) is 15.0. The van der Waals surface area contributed by atoms with Crippen molar-refractivity contribution >= 4 is 11.6 Å². The molecular formula is C17H19ClFN. The molecule has 0 saturated carbocycles. The Morgan fingerprint density at radius 3 is 2.65 bits per heavy atom. The van der Waals surface area contributed by atoms with Gasteiger partial charge in [0, 0.05) is 11.6 Å². The van der Waals surface area contributed by atoms with E-state index in [4.69, 9.17) is 11.6 Å². The summed E-state index contributed by atoms with van der Waals surface area (Å²) in [7, 11) is 1.84. The molecule has 0 fully saturated rings. The molecule has 1 atom stereocenters. The van der Waals surface area contributed by atoms with Crippen molar-refractivity contribution in [1.29, 1.82) is 0 Å². The molecule has 2 aromatic rings. The van der Waals surface area contributed by atoms with Gasteiger partial charge < -0.3 is 5.32 Å². The van der Waals surface area contributed by atoms with Crippen molar-refractivity contribution in [2.24, 2.45) is 0 Å². The predicted octanol–water partition coefficient (Wildman–Crippen LogP) is 4.60. The summed E-state index contributed by atoms with van der Waals surface area (Å²) in [6.07, 6.45) is 0.737. The molecule has 0 aliphatic carbocycles. The Bertz CT molecular complexity index is 610. The summed E-state index contributed by atoms with van der Waals surface area (Å²) >= 11 is 5.87. The van der Waals surface area contributed by atoms with Crippen molar-refractivity contribution in [2.75, 3.05) is 7.05 Å². The fraction of sp³-hybridized carbons (Fsp3) is 0.294. The molecule has 0 saturated heterocycles. The topological polar surface area (TPSA) is 12.0 Å². The molecular weight excluding hydrogens is 273 g/mol. The lowest BCUT2D eigenvalue weighted by Gasteiger charge is -2.19. The summed E-state index contributed by atoms with van der Waals surface area (Å²) in [6.45, 7) is 4.15. The number of benzene rings is 2. The molecule has 3 heteroatoms. The van der Waals surface area contributed by atoms with Crippen LogP contribution in [0.25, 0.3) is 0 Å². The van der Waals surface area contributed by atoms with Crippen molar-refractivity contribution in [2.45, 2.75) is 26.3 Å². The summed E-state index contributed by atoms with van der Waals surface area (Å²) in [4.78, 5) is 0. The van der Waals surface area contributed by atoms with E-state index in [-0.39, 0.29) is 16.9 Å². The van der Waals surface area contributed by atoms with E-state index in [9.17, 15) is 4.39 Å². The predicted molar refractivity (Wildman–Crippen MR) is 82.8 cm³/mol. The summed E-state index contributed by atoms with van der Waals surface area (Å²) in [6, 6.07) is 11.4. The highest BCUT2D eigenvalue weighted by Gasteiger charge is 2.17. The summed E-state index contributed by atoms with van der Waals surface area (Å²) < 4.78 is 14.1. The van der Waals surface area contributed by atoms with Crippen molar-refractivity contribution in [3.8, 4) is 0 Å². The van der Waals surface area contributed by atoms with Gasteiger partial charge in [-0.2, -0.15) is 0 Å². The van der Waals surface area contributed by atoms with Crippen LogP contribution < -0.4 is 5.32 Å². The van der Waals surface area contributed by atoms with Crippen LogP contribution in [0.15, 0.2) is 36.4 Å². The zero-order valence-corrected chi connectivity index (χ0v) is 12.8. The third-order valence-corrected chi connectivity index (χ3v) is 3.93. The molecule has 0 bridgehead atoms. The first-order valence-corrected chi connectivity index (χ1v) is 7.08. The van der Waals surface area contributed by atoms with Crippen molar-refractivity contribution < 1.29 is 4.39 Å². The Labute approximate surface area is 124 Å². The largest absolute Gasteiger partial charge is 0.313 e. The Morgan fingerprint density at radius 2 is 1.95 bits per heavy atom. The molecule has 0 radical (unpaired) electrons. The third-order valence-electron chi connectivity index (χ3n) is 3.63. The summed E-state index contributed by atoms with van der Waals surface area (Å²) in [5.41, 5.74) is 4.27. The fourth-order valence-corrected chi connectivity index (χ4v) is 2.58. The lowest BCUT2D eigenvalue weighted by molar-refractivity contribution is 0.533. The number of halogens is 2. The molecule has 0 spiro atoms. The van der Waals surface area contributed by atoms with Gasteiger partial charge in [0.15, 0.2) is 0 Å². The van der Waals surface area contributed by atoms with Crippen molar-refractivity contribution in [3.63, 3.8) is 0 Å². The Morgan fingerprint density at radius 1 is 1.20 bits per heavy atom. The monoisotopic (exact) mass is 291 g/mol. The second kappa shape index (κ2) is 6.38. The maximum atomic E-state index is 14.1. The van der Waals surface area contributed by atoms with E-state index < -0.39 is 0 Å². The maximum Gasteiger partial charge on any atom is 0.146 e. The maximum absolute atomic E-state index is 14.1. The van der Waals surface area contributed by atoms with E-state index in [1.807, 2.05) is 7.05 Å². The molecule has 0 aliphatic heterocycles. The highest BCUT2D eigenvalue weighted by molar-refractivity contribution is 6.30. The van der Waals surface area contributed by atoms with Crippen LogP contribution in [0, 0.1) is 19.7 Å². The first-order valence-electron chi connectivity index (χ1n) is 6.70. The summed E-state index contributed by atoms with van der Waals surface area (Å²) in [5.74, 6) is -0.334. The van der Waals surface area contributed by atoms with Crippen molar-refractivity contribution in [3.05, 3.63) is 69.5 Å². The van der Waals surface area contributed by atoms with Crippen LogP contribution in [0.3, 0.4) is 0 Å². The number of aryl methyl sites for hydroxylation is 2. The first-order chi connectivity index (χ1) is 9.52. The molecule has 1 nitrogen and oxygen atoms in total. The minimum atomic E-state index is -0.334. The van der Waals surface area contributed by atoms with Crippen LogP contribution in [0.5, 0.6) is 0 Å². The molecule has 20 heavy (non-hydrogen) atoms. The molecule has 1 unspecified atom stereocenters. The Balaban J connectivity index is 2.34. The zero-order valence-electron chi connectivity index (χ0n) is 12.0. The minimum Gasteiger partial charge on any atom is -0.313 e. The van der Waals surface area contributed by atoms with Crippen LogP contribution in [-0.2, 0) is 6.42 Å². The molecule has 0 aromatic heterocycles. The average molecular weight is 292 g/mol. The number of nitrogens with one attached hydrogen (secondary N) is 1. The number of hydrogen-bond acceptors (Lipinski definition) is 1. The van der Waals surface area contributed by atoms with E-state index in [1.165, 1.54) is 16.7 Å². The van der Waals surface area contributed by atoms with Crippen LogP contribution in [0.4, 0.5) is 4.39 Å². The highest BCUT2D eigenvalue weighted by atomic mass is 35.5. The minimum absolute atomic E-state index is 0.0887. The Hall–Kier alpha value is -1.38. The van der Waals surface area contributed by atoms with Crippen LogP contribution in [0.2, 0.25) is 5.02 Å². The van der Waals surface area contributed by atoms with Gasteiger partial charge in [-0.1, -0.05) is 47.5 Å². The van der Waals surface area contributed by atoms with E-state index in [2.05, 4.69) is 37.4 Å². The molecule has 2 rings (SSSR count). The lowest BCUT2D eigenvalue weighted by atomic mass is 9.94. The van der Waals surface area contributed by atoms with Gasteiger partial charge in [-0.15, -0.1) is 0 Å². The second-order valence-electron chi connectivity index (χ2n) is 5.12. The fourth-order valence-electron chi connectivity index (χ4n) is 2.40. The van der Waals surface area contributed by atoms with E-state index >= 15 is 0 Å². The average Bonchev–Trinajstić information content (AvgIpc) is 2.43. The van der Waals surface area contributed by atoms with E-state index in [0.29, 0.717) is 5.56 Å². The standard InChI is InChI=1S/C17H19ClFN/c1-11-7-8-12(2)13(9-11)10-16(20-3)14-5-4-6-15(18)17(14)19/h4-9,16,20H,10H2,1-3H3. The van der Waals surface area contributed by atoms with Crippen molar-refractivity contribution in [1.82, 2.24) is 5.32 Å². The normalized spacial score (nSPS) is 12.4. The summed E-state index contributed by atoms with van der Waals surface area (Å²) in [5, 5.41) is 3.35. The number of hydrogen-bond donors (Lipinski definition) is 1. The zero-order chi connectivity index (χ0) is 14.7. The van der Waals surface area contributed by atoms with Crippen LogP contribution in [-0.4, -0.2) is 7.05 Å². The Kier molecular flexibility index (Phi) is 4.79. The molecule has 2 aromatic carbocycles. The second-order valence-corrected chi connectivity index (χ2v) is 5.53. The molecule has 0 aliphatic rings. The van der Waals surface area contributed by atoms with Gasteiger partial charge >= 0.3 is 0 Å². The highest BCUT2D eigenvalue weighted by Crippen LogP contribution is 2.26. The number of rotatable bonds is 4. The van der Waals surface area contributed by atoms with Gasteiger partial charge in [-0.25, -0.2) is 4.39 Å². The van der Waals surface area contributed by atoms with Crippen LogP contribution >= 0.6 is 11.6 Å². The van der Waals surface area contributed by atoms with Gasteiger partial charge in [-0.05, 0) is 44.5 Å². The van der Waals surface area contributed by atoms with Gasteiger partial charge in [0.2, 0.25) is 0 Å². The molecule has 106 valence electrons. The third kappa shape index (κ3) is 3.20. The molecule has 0 amide bonds. The van der Waals surface area contributed by atoms with E-state index in [1.54, 1.807) is 18.2 Å². The van der Waals surface area contributed by atoms with Gasteiger partial charge in [-0.3, -0.25) is 0 Å². The molecule has 1 N–H and O–H groups in total. The van der Waals surface area contributed by atoms with Crippen LogP contribution in [0.1, 0.15) is 28.3 Å². The van der Waals surface area contributed by atoms with Gasteiger partial charge in [0.25, 0.3) is 0 Å². The van der Waals surface area contributed by atoms with Gasteiger partial charge in [0.05, 0.1) is 5.02 Å². The smallest absolute Gasteiger partial charge is 0.146 e. The molecule has 0 heterocycles.